The molecule has 0 bridgehead atoms. The van der Waals surface area contributed by atoms with Crippen molar-refractivity contribution in [2.45, 2.75) is 19.6 Å². The minimum atomic E-state index is -4.87. The van der Waals surface area contributed by atoms with E-state index in [1.165, 1.54) is 30.6 Å². The number of pyridine rings is 1. The molecular formula is C21H19F3N2O3S. The van der Waals surface area contributed by atoms with Gasteiger partial charge >= 0.3 is 6.18 Å². The number of aromatic nitrogens is 1. The maximum absolute atomic E-state index is 12.9. The Balaban J connectivity index is 1.98. The number of anilines is 1. The van der Waals surface area contributed by atoms with Gasteiger partial charge in [0.2, 0.25) is 10.0 Å². The zero-order valence-electron chi connectivity index (χ0n) is 16.0. The molecule has 0 aliphatic heterocycles. The molecule has 0 fully saturated rings. The quantitative estimate of drug-likeness (QED) is 0.518. The first kappa shape index (κ1) is 21.6. The lowest BCUT2D eigenvalue weighted by atomic mass is 10.2. The summed E-state index contributed by atoms with van der Waals surface area (Å²) in [6, 6.07) is 16.4. The topological polar surface area (TPSA) is 59.5 Å². The Morgan fingerprint density at radius 1 is 1.03 bits per heavy atom. The number of alkyl halides is 3. The van der Waals surface area contributed by atoms with Crippen molar-refractivity contribution in [2.24, 2.45) is 0 Å². The highest BCUT2D eigenvalue weighted by Gasteiger charge is 2.38. The lowest BCUT2D eigenvalue weighted by molar-refractivity contribution is -0.106. The fourth-order valence-corrected chi connectivity index (χ4v) is 4.14. The molecule has 0 saturated carbocycles. The Labute approximate surface area is 172 Å². The van der Waals surface area contributed by atoms with E-state index in [1.807, 2.05) is 19.1 Å². The second-order valence-corrected chi connectivity index (χ2v) is 8.50. The van der Waals surface area contributed by atoms with Crippen molar-refractivity contribution in [3.63, 3.8) is 0 Å². The second kappa shape index (κ2) is 8.74. The van der Waals surface area contributed by atoms with E-state index in [1.54, 1.807) is 30.3 Å². The van der Waals surface area contributed by atoms with Gasteiger partial charge in [-0.25, -0.2) is 8.42 Å². The molecule has 0 N–H and O–H groups in total. The maximum Gasteiger partial charge on any atom is 0.404 e. The van der Waals surface area contributed by atoms with E-state index in [-0.39, 0.29) is 12.2 Å². The number of para-hydroxylation sites is 1. The van der Waals surface area contributed by atoms with Crippen LogP contribution in [0.5, 0.6) is 11.5 Å². The van der Waals surface area contributed by atoms with Gasteiger partial charge in [-0.15, -0.1) is 0 Å². The molecule has 1 heterocycles. The lowest BCUT2D eigenvalue weighted by Crippen LogP contribution is -2.37. The van der Waals surface area contributed by atoms with E-state index in [0.717, 1.165) is 9.87 Å². The molecular weight excluding hydrogens is 417 g/mol. The van der Waals surface area contributed by atoms with Crippen LogP contribution in [0, 0.1) is 6.92 Å². The summed E-state index contributed by atoms with van der Waals surface area (Å²) >= 11 is 0. The smallest absolute Gasteiger partial charge is 0.404 e. The first-order valence-corrected chi connectivity index (χ1v) is 10.5. The van der Waals surface area contributed by atoms with Gasteiger partial charge < -0.3 is 4.74 Å². The minimum Gasteiger partial charge on any atom is -0.457 e. The molecule has 0 unspecified atom stereocenters. The molecule has 9 heteroatoms. The van der Waals surface area contributed by atoms with Crippen molar-refractivity contribution >= 4 is 15.7 Å². The van der Waals surface area contributed by atoms with Gasteiger partial charge in [-0.2, -0.15) is 13.2 Å². The summed E-state index contributed by atoms with van der Waals surface area (Å²) in [6.07, 6.45) is -1.97. The maximum atomic E-state index is 12.9. The molecule has 3 aromatic rings. The van der Waals surface area contributed by atoms with Crippen LogP contribution in [-0.4, -0.2) is 25.3 Å². The predicted octanol–water partition coefficient (Wildman–Crippen LogP) is 5.08. The van der Waals surface area contributed by atoms with Gasteiger partial charge in [-0.1, -0.05) is 30.3 Å². The number of rotatable bonds is 7. The van der Waals surface area contributed by atoms with Gasteiger partial charge in [0.25, 0.3) is 0 Å². The van der Waals surface area contributed by atoms with Gasteiger partial charge in [0, 0.05) is 18.5 Å². The molecule has 5 nitrogen and oxygen atoms in total. The van der Waals surface area contributed by atoms with Gasteiger partial charge in [0.05, 0.1) is 12.2 Å². The van der Waals surface area contributed by atoms with E-state index in [4.69, 9.17) is 4.74 Å². The van der Waals surface area contributed by atoms with Crippen molar-refractivity contribution in [1.29, 1.82) is 0 Å². The van der Waals surface area contributed by atoms with Crippen LogP contribution in [-0.2, 0) is 16.6 Å². The van der Waals surface area contributed by atoms with Crippen LogP contribution in [0.15, 0.2) is 73.1 Å². The van der Waals surface area contributed by atoms with Crippen LogP contribution in [0.4, 0.5) is 18.9 Å². The van der Waals surface area contributed by atoms with Crippen LogP contribution in [0.3, 0.4) is 0 Å². The molecule has 0 atom stereocenters. The molecule has 0 spiro atoms. The molecule has 2 aromatic carbocycles. The first-order valence-electron chi connectivity index (χ1n) is 8.94. The number of sulfonamides is 1. The van der Waals surface area contributed by atoms with Crippen molar-refractivity contribution in [1.82, 2.24) is 4.98 Å². The first-order chi connectivity index (χ1) is 14.1. The summed E-state index contributed by atoms with van der Waals surface area (Å²) in [5.74, 6) is -1.10. The molecule has 0 aliphatic rings. The van der Waals surface area contributed by atoms with E-state index < -0.39 is 22.0 Å². The highest BCUT2D eigenvalue weighted by atomic mass is 32.2. The summed E-state index contributed by atoms with van der Waals surface area (Å²) < 4.78 is 70.6. The Morgan fingerprint density at radius 3 is 2.47 bits per heavy atom. The summed E-state index contributed by atoms with van der Waals surface area (Å²) in [5, 5.41) is 0. The fraction of sp³-hybridized carbons (Fsp3) is 0.190. The van der Waals surface area contributed by atoms with Gasteiger partial charge in [0.15, 0.2) is 5.75 Å². The van der Waals surface area contributed by atoms with Crippen molar-refractivity contribution in [2.75, 3.05) is 10.1 Å². The summed E-state index contributed by atoms with van der Waals surface area (Å²) in [4.78, 5) is 3.90. The summed E-state index contributed by atoms with van der Waals surface area (Å²) in [7, 11) is -4.70. The third-order valence-electron chi connectivity index (χ3n) is 4.16. The molecule has 1 aromatic heterocycles. The number of ether oxygens (including phenoxy) is 1. The predicted molar refractivity (Wildman–Crippen MR) is 108 cm³/mol. The number of hydrogen-bond donors (Lipinski definition) is 0. The number of aryl methyl sites for hydroxylation is 1. The lowest BCUT2D eigenvalue weighted by Gasteiger charge is -2.25. The normalized spacial score (nSPS) is 11.9. The van der Waals surface area contributed by atoms with Crippen LogP contribution in [0.1, 0.15) is 11.1 Å². The standard InChI is InChI=1S/C21H19F3N2O3S/c1-16-6-2-3-10-20(16)29-19-9-4-8-18(12-19)26(14-17-7-5-11-25-13-17)30(27,28)15-21(22,23)24/h2-13H,14-15H2,1H3. The average molecular weight is 436 g/mol. The summed E-state index contributed by atoms with van der Waals surface area (Å²) in [5.41, 5.74) is 1.38. The van der Waals surface area contributed by atoms with Gasteiger partial charge in [-0.05, 0) is 42.3 Å². The van der Waals surface area contributed by atoms with Crippen molar-refractivity contribution in [3.8, 4) is 11.5 Å². The number of nitrogens with zero attached hydrogens (tertiary/aromatic N) is 2. The van der Waals surface area contributed by atoms with Gasteiger partial charge in [-0.3, -0.25) is 9.29 Å². The van der Waals surface area contributed by atoms with E-state index in [2.05, 4.69) is 4.98 Å². The average Bonchev–Trinajstić information content (AvgIpc) is 2.67. The zero-order chi connectivity index (χ0) is 21.8. The highest BCUT2D eigenvalue weighted by molar-refractivity contribution is 7.92. The molecule has 3 rings (SSSR count). The van der Waals surface area contributed by atoms with E-state index in [0.29, 0.717) is 17.1 Å². The molecule has 0 aliphatic carbocycles. The monoisotopic (exact) mass is 436 g/mol. The number of hydrogen-bond acceptors (Lipinski definition) is 4. The van der Waals surface area contributed by atoms with Crippen LogP contribution in [0.25, 0.3) is 0 Å². The van der Waals surface area contributed by atoms with Crippen molar-refractivity contribution in [3.05, 3.63) is 84.2 Å². The Bertz CT molecular complexity index is 1100. The number of benzene rings is 2. The van der Waals surface area contributed by atoms with Crippen LogP contribution >= 0.6 is 0 Å². The zero-order valence-corrected chi connectivity index (χ0v) is 16.8. The molecule has 30 heavy (non-hydrogen) atoms. The van der Waals surface area contributed by atoms with Crippen LogP contribution < -0.4 is 9.04 Å². The third-order valence-corrected chi connectivity index (χ3v) is 5.86. The Kier molecular flexibility index (Phi) is 6.31. The highest BCUT2D eigenvalue weighted by Crippen LogP contribution is 2.31. The fourth-order valence-electron chi connectivity index (χ4n) is 2.79. The number of halogens is 3. The minimum absolute atomic E-state index is 0.0641. The summed E-state index contributed by atoms with van der Waals surface area (Å²) in [6.45, 7) is 1.56. The second-order valence-electron chi connectivity index (χ2n) is 6.60. The largest absolute Gasteiger partial charge is 0.457 e. The third kappa shape index (κ3) is 5.73. The Hall–Kier alpha value is -3.07. The van der Waals surface area contributed by atoms with Crippen LogP contribution in [0.2, 0.25) is 0 Å². The molecule has 0 saturated heterocycles. The van der Waals surface area contributed by atoms with E-state index >= 15 is 0 Å². The Morgan fingerprint density at radius 2 is 1.80 bits per heavy atom. The molecule has 0 amide bonds. The van der Waals surface area contributed by atoms with E-state index in [9.17, 15) is 21.6 Å². The SMILES string of the molecule is Cc1ccccc1Oc1cccc(N(Cc2cccnc2)S(=O)(=O)CC(F)(F)F)c1. The van der Waals surface area contributed by atoms with Crippen molar-refractivity contribution < 1.29 is 26.3 Å². The van der Waals surface area contributed by atoms with Gasteiger partial charge in [0.1, 0.15) is 11.5 Å². The molecule has 0 radical (unpaired) electrons. The molecule has 158 valence electrons.